The summed E-state index contributed by atoms with van der Waals surface area (Å²) in [5.74, 6) is -1.07. The van der Waals surface area contributed by atoms with Gasteiger partial charge in [-0.15, -0.1) is 0 Å². The highest BCUT2D eigenvalue weighted by molar-refractivity contribution is 5.89. The number of hydrogen-bond donors (Lipinski definition) is 2. The molecule has 0 atom stereocenters. The molecule has 0 aliphatic heterocycles. The molecule has 0 radical (unpaired) electrons. The maximum absolute atomic E-state index is 10.7. The van der Waals surface area contributed by atoms with Gasteiger partial charge in [0.05, 0.1) is 11.1 Å². The predicted octanol–water partition coefficient (Wildman–Crippen LogP) is 5.02. The fourth-order valence-electron chi connectivity index (χ4n) is 2.23. The number of carboxylic acid groups (broad SMARTS) is 2. The third-order valence-electron chi connectivity index (χ3n) is 3.61. The average Bonchev–Trinajstić information content (AvgIpc) is 2.55. The van der Waals surface area contributed by atoms with Gasteiger partial charge < -0.3 is 10.2 Å². The smallest absolute Gasteiger partial charge is 0.335 e. The van der Waals surface area contributed by atoms with Gasteiger partial charge in [-0.1, -0.05) is 58.0 Å². The molecule has 0 saturated carbocycles. The molecule has 0 aliphatic carbocycles. The molecular weight excluding hydrogens is 304 g/mol. The molecule has 0 amide bonds. The van der Waals surface area contributed by atoms with Crippen LogP contribution < -0.4 is 0 Å². The van der Waals surface area contributed by atoms with E-state index in [1.54, 1.807) is 30.3 Å². The van der Waals surface area contributed by atoms with Crippen LogP contribution in [0.15, 0.2) is 48.5 Å². The summed E-state index contributed by atoms with van der Waals surface area (Å²) in [4.78, 5) is 21.3. The van der Waals surface area contributed by atoms with Crippen LogP contribution in [0.2, 0.25) is 0 Å². The van der Waals surface area contributed by atoms with E-state index in [0.29, 0.717) is 17.0 Å². The van der Waals surface area contributed by atoms with E-state index in [1.807, 2.05) is 45.9 Å². The molecule has 0 fully saturated rings. The van der Waals surface area contributed by atoms with Crippen LogP contribution in [0.25, 0.3) is 0 Å². The first-order valence-corrected chi connectivity index (χ1v) is 7.89. The maximum atomic E-state index is 10.7. The van der Waals surface area contributed by atoms with Crippen molar-refractivity contribution in [2.45, 2.75) is 39.5 Å². The van der Waals surface area contributed by atoms with Crippen LogP contribution in [0.4, 0.5) is 0 Å². The molecule has 0 saturated heterocycles. The van der Waals surface area contributed by atoms with Gasteiger partial charge in [0, 0.05) is 0 Å². The molecular formula is C20H24O4. The number of carbonyl (C=O) groups is 2. The Labute approximate surface area is 142 Å². The van der Waals surface area contributed by atoms with Crippen LogP contribution in [-0.2, 0) is 0 Å². The first-order chi connectivity index (χ1) is 11.2. The molecule has 0 heterocycles. The van der Waals surface area contributed by atoms with Gasteiger partial charge >= 0.3 is 11.9 Å². The van der Waals surface area contributed by atoms with E-state index in [9.17, 15) is 9.59 Å². The normalized spacial score (nSPS) is 10.2. The quantitative estimate of drug-likeness (QED) is 0.826. The molecule has 0 bridgehead atoms. The molecule has 128 valence electrons. The molecule has 4 heteroatoms. The summed E-state index contributed by atoms with van der Waals surface area (Å²) in [6.45, 7) is 8.06. The van der Waals surface area contributed by atoms with Gasteiger partial charge in [0.2, 0.25) is 0 Å². The second-order valence-electron chi connectivity index (χ2n) is 6.13. The van der Waals surface area contributed by atoms with Crippen LogP contribution in [0.3, 0.4) is 0 Å². The number of carboxylic acids is 2. The van der Waals surface area contributed by atoms with Gasteiger partial charge in [-0.2, -0.15) is 0 Å². The Morgan fingerprint density at radius 3 is 1.88 bits per heavy atom. The van der Waals surface area contributed by atoms with Gasteiger partial charge in [0.1, 0.15) is 0 Å². The van der Waals surface area contributed by atoms with Crippen molar-refractivity contribution in [3.05, 3.63) is 70.8 Å². The Kier molecular flexibility index (Phi) is 7.18. The van der Waals surface area contributed by atoms with Crippen LogP contribution >= 0.6 is 0 Å². The fraction of sp³-hybridized carbons (Fsp3) is 0.300. The number of aromatic carboxylic acids is 2. The Hall–Kier alpha value is -2.62. The summed E-state index contributed by atoms with van der Waals surface area (Å²) < 4.78 is 0. The van der Waals surface area contributed by atoms with Gasteiger partial charge in [-0.05, 0) is 41.2 Å². The van der Waals surface area contributed by atoms with Crippen molar-refractivity contribution in [1.82, 2.24) is 0 Å². The van der Waals surface area contributed by atoms with E-state index in [4.69, 9.17) is 10.2 Å². The van der Waals surface area contributed by atoms with E-state index in [-0.39, 0.29) is 5.92 Å². The lowest BCUT2D eigenvalue weighted by molar-refractivity contribution is 0.0685. The number of hydrogen-bond acceptors (Lipinski definition) is 2. The minimum atomic E-state index is -0.863. The van der Waals surface area contributed by atoms with Crippen molar-refractivity contribution in [2.75, 3.05) is 0 Å². The molecule has 0 aliphatic rings. The zero-order valence-corrected chi connectivity index (χ0v) is 14.5. The maximum Gasteiger partial charge on any atom is 0.335 e. The predicted molar refractivity (Wildman–Crippen MR) is 95.0 cm³/mol. The van der Waals surface area contributed by atoms with E-state index < -0.39 is 11.9 Å². The lowest BCUT2D eigenvalue weighted by Crippen LogP contribution is -2.02. The Morgan fingerprint density at radius 1 is 0.792 bits per heavy atom. The molecule has 2 aromatic rings. The summed E-state index contributed by atoms with van der Waals surface area (Å²) in [6, 6.07) is 14.1. The lowest BCUT2D eigenvalue weighted by atomic mass is 9.97. The molecule has 0 aromatic heterocycles. The molecule has 2 aromatic carbocycles. The minimum absolute atomic E-state index is 0.261. The first kappa shape index (κ1) is 19.4. The third kappa shape index (κ3) is 5.54. The van der Waals surface area contributed by atoms with E-state index in [2.05, 4.69) is 0 Å². The second-order valence-corrected chi connectivity index (χ2v) is 6.13. The highest BCUT2D eigenvalue weighted by Crippen LogP contribution is 2.18. The van der Waals surface area contributed by atoms with Crippen molar-refractivity contribution in [1.29, 1.82) is 0 Å². The SMILES string of the molecule is CC(C)c1cccc(C(=O)O)c1.CC(C)c1ccccc1C(=O)O. The highest BCUT2D eigenvalue weighted by atomic mass is 16.4. The summed E-state index contributed by atoms with van der Waals surface area (Å²) >= 11 is 0. The molecule has 4 nitrogen and oxygen atoms in total. The van der Waals surface area contributed by atoms with Gasteiger partial charge in [0.15, 0.2) is 0 Å². The van der Waals surface area contributed by atoms with Gasteiger partial charge in [-0.25, -0.2) is 9.59 Å². The Bertz CT molecular complexity index is 702. The molecule has 0 spiro atoms. The first-order valence-electron chi connectivity index (χ1n) is 7.89. The standard InChI is InChI=1S/2C10H12O2/c1-7(2)8-4-3-5-9(6-8)10(11)12;1-7(2)8-5-3-4-6-9(8)10(11)12/h2*3-7H,1-2H3,(H,11,12). The van der Waals surface area contributed by atoms with Gasteiger partial charge in [-0.3, -0.25) is 0 Å². The van der Waals surface area contributed by atoms with E-state index in [0.717, 1.165) is 11.1 Å². The van der Waals surface area contributed by atoms with Crippen molar-refractivity contribution < 1.29 is 19.8 Å². The zero-order chi connectivity index (χ0) is 18.3. The summed E-state index contributed by atoms with van der Waals surface area (Å²) in [5.41, 5.74) is 2.73. The monoisotopic (exact) mass is 328 g/mol. The van der Waals surface area contributed by atoms with Gasteiger partial charge in [0.25, 0.3) is 0 Å². The summed E-state index contributed by atoms with van der Waals surface area (Å²) in [7, 11) is 0. The number of rotatable bonds is 4. The summed E-state index contributed by atoms with van der Waals surface area (Å²) in [6.07, 6.45) is 0. The van der Waals surface area contributed by atoms with E-state index >= 15 is 0 Å². The molecule has 2 N–H and O–H groups in total. The largest absolute Gasteiger partial charge is 0.478 e. The molecule has 2 rings (SSSR count). The van der Waals surface area contributed by atoms with Crippen LogP contribution in [0.5, 0.6) is 0 Å². The van der Waals surface area contributed by atoms with Crippen LogP contribution in [-0.4, -0.2) is 22.2 Å². The van der Waals surface area contributed by atoms with Crippen LogP contribution in [0.1, 0.15) is 71.4 Å². The Balaban J connectivity index is 0.000000240. The lowest BCUT2D eigenvalue weighted by Gasteiger charge is -2.07. The second kappa shape index (κ2) is 8.87. The highest BCUT2D eigenvalue weighted by Gasteiger charge is 2.10. The van der Waals surface area contributed by atoms with Crippen LogP contribution in [0, 0.1) is 0 Å². The molecule has 24 heavy (non-hydrogen) atoms. The minimum Gasteiger partial charge on any atom is -0.478 e. The van der Waals surface area contributed by atoms with Crippen molar-refractivity contribution >= 4 is 11.9 Å². The Morgan fingerprint density at radius 2 is 1.42 bits per heavy atom. The third-order valence-corrected chi connectivity index (χ3v) is 3.61. The average molecular weight is 328 g/mol. The molecule has 0 unspecified atom stereocenters. The topological polar surface area (TPSA) is 74.6 Å². The number of benzene rings is 2. The van der Waals surface area contributed by atoms with E-state index in [1.165, 1.54) is 0 Å². The zero-order valence-electron chi connectivity index (χ0n) is 14.5. The van der Waals surface area contributed by atoms with Crippen molar-refractivity contribution in [3.63, 3.8) is 0 Å². The summed E-state index contributed by atoms with van der Waals surface area (Å²) in [5, 5.41) is 17.5. The van der Waals surface area contributed by atoms with Crippen molar-refractivity contribution in [3.8, 4) is 0 Å². The van der Waals surface area contributed by atoms with Crippen molar-refractivity contribution in [2.24, 2.45) is 0 Å². The fourth-order valence-corrected chi connectivity index (χ4v) is 2.23.